The van der Waals surface area contributed by atoms with E-state index in [0.29, 0.717) is 24.1 Å². The van der Waals surface area contributed by atoms with Gasteiger partial charge in [0.25, 0.3) is 0 Å². The molecule has 0 heterocycles. The van der Waals surface area contributed by atoms with Gasteiger partial charge in [-0.05, 0) is 36.2 Å². The molecule has 0 aromatic heterocycles. The van der Waals surface area contributed by atoms with Gasteiger partial charge in [-0.25, -0.2) is 17.7 Å². The van der Waals surface area contributed by atoms with Crippen LogP contribution in [-0.2, 0) is 23.1 Å². The highest BCUT2D eigenvalue weighted by Gasteiger charge is 2.16. The average molecular weight is 537 g/mol. The molecule has 0 spiro atoms. The molecule has 0 saturated carbocycles. The summed E-state index contributed by atoms with van der Waals surface area (Å²) in [5.74, 6) is 0.669. The van der Waals surface area contributed by atoms with Gasteiger partial charge in [-0.1, -0.05) is 41.9 Å². The lowest BCUT2D eigenvalue weighted by atomic mass is 10.2. The van der Waals surface area contributed by atoms with Gasteiger partial charge < -0.3 is 10.6 Å². The molecule has 0 aliphatic heterocycles. The van der Waals surface area contributed by atoms with Crippen LogP contribution in [-0.4, -0.2) is 39.3 Å². The molecule has 0 atom stereocenters. The van der Waals surface area contributed by atoms with Gasteiger partial charge in [0.15, 0.2) is 5.96 Å². The topological polar surface area (TPSA) is 73.8 Å². The van der Waals surface area contributed by atoms with E-state index in [1.165, 1.54) is 18.4 Å². The molecule has 0 aliphatic carbocycles. The van der Waals surface area contributed by atoms with Crippen LogP contribution in [0.1, 0.15) is 18.1 Å². The van der Waals surface area contributed by atoms with E-state index >= 15 is 0 Å². The lowest BCUT2D eigenvalue weighted by molar-refractivity contribution is 0.520. The highest BCUT2D eigenvalue weighted by molar-refractivity contribution is 14.0. The van der Waals surface area contributed by atoms with Crippen LogP contribution in [0.15, 0.2) is 58.4 Å². The first-order valence-corrected chi connectivity index (χ1v) is 10.4. The number of sulfonamides is 1. The van der Waals surface area contributed by atoms with E-state index in [0.717, 1.165) is 17.7 Å². The van der Waals surface area contributed by atoms with Crippen LogP contribution in [0, 0.1) is 0 Å². The Labute approximate surface area is 189 Å². The predicted octanol–water partition coefficient (Wildman–Crippen LogP) is 3.46. The fourth-order valence-electron chi connectivity index (χ4n) is 2.31. The maximum absolute atomic E-state index is 12.1. The number of halogens is 2. The molecule has 2 rings (SSSR count). The number of benzene rings is 2. The van der Waals surface area contributed by atoms with E-state index in [1.807, 2.05) is 31.2 Å². The minimum absolute atomic E-state index is 0. The number of hydrogen-bond acceptors (Lipinski definition) is 3. The van der Waals surface area contributed by atoms with Crippen molar-refractivity contribution in [3.63, 3.8) is 0 Å². The first-order valence-electron chi connectivity index (χ1n) is 8.61. The largest absolute Gasteiger partial charge is 0.357 e. The predicted molar refractivity (Wildman–Crippen MR) is 126 cm³/mol. The van der Waals surface area contributed by atoms with Crippen molar-refractivity contribution in [2.24, 2.45) is 4.99 Å². The Bertz CT molecular complexity index is 887. The Kier molecular flexibility index (Phi) is 10.2. The van der Waals surface area contributed by atoms with Crippen molar-refractivity contribution in [3.05, 3.63) is 64.7 Å². The lowest BCUT2D eigenvalue weighted by Gasteiger charge is -2.13. The summed E-state index contributed by atoms with van der Waals surface area (Å²) in [6, 6.07) is 14.4. The monoisotopic (exact) mass is 536 g/mol. The van der Waals surface area contributed by atoms with Crippen LogP contribution in [0.25, 0.3) is 0 Å². The number of nitrogens with one attached hydrogen (secondary N) is 2. The molecule has 6 nitrogen and oxygen atoms in total. The highest BCUT2D eigenvalue weighted by Crippen LogP contribution is 2.15. The number of guanidine groups is 1. The quantitative estimate of drug-likeness (QED) is 0.323. The highest BCUT2D eigenvalue weighted by atomic mass is 127. The fourth-order valence-corrected chi connectivity index (χ4v) is 3.41. The zero-order valence-electron chi connectivity index (χ0n) is 16.1. The molecular formula is C19H26ClIN4O2S. The summed E-state index contributed by atoms with van der Waals surface area (Å²) < 4.78 is 25.4. The Balaban J connectivity index is 0.00000392. The maximum Gasteiger partial charge on any atom is 0.242 e. The second kappa shape index (κ2) is 11.6. The van der Waals surface area contributed by atoms with Crippen molar-refractivity contribution in [3.8, 4) is 0 Å². The summed E-state index contributed by atoms with van der Waals surface area (Å²) in [5.41, 5.74) is 1.91. The summed E-state index contributed by atoms with van der Waals surface area (Å²) in [4.78, 5) is 4.81. The molecule has 2 aromatic carbocycles. The third kappa shape index (κ3) is 6.91. The molecule has 0 fully saturated rings. The van der Waals surface area contributed by atoms with Crippen LogP contribution < -0.4 is 10.6 Å². The Morgan fingerprint density at radius 2 is 1.71 bits per heavy atom. The normalized spacial score (nSPS) is 11.8. The van der Waals surface area contributed by atoms with Gasteiger partial charge >= 0.3 is 0 Å². The Morgan fingerprint density at radius 1 is 1.07 bits per heavy atom. The number of nitrogens with zero attached hydrogens (tertiary/aromatic N) is 2. The van der Waals surface area contributed by atoms with Crippen LogP contribution in [0.2, 0.25) is 5.02 Å². The molecule has 2 aromatic rings. The molecule has 0 aliphatic rings. The van der Waals surface area contributed by atoms with Crippen molar-refractivity contribution in [2.75, 3.05) is 20.6 Å². The zero-order chi connectivity index (χ0) is 19.9. The number of rotatable bonds is 7. The first-order chi connectivity index (χ1) is 12.8. The summed E-state index contributed by atoms with van der Waals surface area (Å²) >= 11 is 6.18. The second-order valence-electron chi connectivity index (χ2n) is 6.07. The van der Waals surface area contributed by atoms with E-state index in [1.54, 1.807) is 24.3 Å². The Morgan fingerprint density at radius 3 is 2.29 bits per heavy atom. The van der Waals surface area contributed by atoms with Gasteiger partial charge in [0.1, 0.15) is 0 Å². The third-order valence-corrected chi connectivity index (χ3v) is 6.07. The van der Waals surface area contributed by atoms with Crippen LogP contribution in [0.4, 0.5) is 0 Å². The molecule has 154 valence electrons. The van der Waals surface area contributed by atoms with Crippen molar-refractivity contribution in [1.82, 2.24) is 14.9 Å². The zero-order valence-corrected chi connectivity index (χ0v) is 20.0. The molecule has 0 saturated heterocycles. The van der Waals surface area contributed by atoms with Crippen molar-refractivity contribution >= 4 is 51.6 Å². The number of aliphatic imine (C=N–C) groups is 1. The van der Waals surface area contributed by atoms with Gasteiger partial charge in [0, 0.05) is 32.2 Å². The van der Waals surface area contributed by atoms with Gasteiger partial charge in [0.2, 0.25) is 10.0 Å². The van der Waals surface area contributed by atoms with E-state index in [4.69, 9.17) is 11.6 Å². The summed E-state index contributed by atoms with van der Waals surface area (Å²) in [6.45, 7) is 3.72. The van der Waals surface area contributed by atoms with Gasteiger partial charge in [-0.15, -0.1) is 24.0 Å². The molecule has 0 bridgehead atoms. The fraction of sp³-hybridized carbons (Fsp3) is 0.316. The second-order valence-corrected chi connectivity index (χ2v) is 8.63. The van der Waals surface area contributed by atoms with Crippen LogP contribution >= 0.6 is 35.6 Å². The van der Waals surface area contributed by atoms with E-state index < -0.39 is 10.0 Å². The lowest BCUT2D eigenvalue weighted by Crippen LogP contribution is -2.36. The molecule has 0 unspecified atom stereocenters. The van der Waals surface area contributed by atoms with E-state index in [2.05, 4.69) is 15.6 Å². The SMILES string of the molecule is CCNC(=NCc1ccc(S(=O)(=O)N(C)C)cc1)NCc1ccccc1Cl.I. The minimum Gasteiger partial charge on any atom is -0.357 e. The molecule has 2 N–H and O–H groups in total. The maximum atomic E-state index is 12.1. The minimum atomic E-state index is -3.42. The smallest absolute Gasteiger partial charge is 0.242 e. The molecular weight excluding hydrogens is 511 g/mol. The van der Waals surface area contributed by atoms with Crippen LogP contribution in [0.5, 0.6) is 0 Å². The summed E-state index contributed by atoms with van der Waals surface area (Å²) in [6.07, 6.45) is 0. The first kappa shape index (κ1) is 24.7. The molecule has 9 heteroatoms. The molecule has 28 heavy (non-hydrogen) atoms. The van der Waals surface area contributed by atoms with Crippen molar-refractivity contribution in [2.45, 2.75) is 24.9 Å². The van der Waals surface area contributed by atoms with Gasteiger partial charge in [-0.3, -0.25) is 0 Å². The summed E-state index contributed by atoms with van der Waals surface area (Å²) in [7, 11) is -0.387. The standard InChI is InChI=1S/C19H25ClN4O2S.HI/c1-4-21-19(23-14-16-7-5-6-8-18(16)20)22-13-15-9-11-17(12-10-15)27(25,26)24(2)3;/h5-12H,4,13-14H2,1-3H3,(H2,21,22,23);1H. The summed E-state index contributed by atoms with van der Waals surface area (Å²) in [5, 5.41) is 7.14. The van der Waals surface area contributed by atoms with Gasteiger partial charge in [0.05, 0.1) is 11.4 Å². The van der Waals surface area contributed by atoms with E-state index in [9.17, 15) is 8.42 Å². The Hall–Kier alpha value is -1.36. The average Bonchev–Trinajstić information content (AvgIpc) is 2.65. The third-order valence-electron chi connectivity index (χ3n) is 3.87. The van der Waals surface area contributed by atoms with Crippen LogP contribution in [0.3, 0.4) is 0 Å². The molecule has 0 radical (unpaired) electrons. The van der Waals surface area contributed by atoms with Crippen molar-refractivity contribution < 1.29 is 8.42 Å². The molecule has 0 amide bonds. The van der Waals surface area contributed by atoms with E-state index in [-0.39, 0.29) is 28.9 Å². The number of hydrogen-bond donors (Lipinski definition) is 2. The van der Waals surface area contributed by atoms with Gasteiger partial charge in [-0.2, -0.15) is 0 Å². The van der Waals surface area contributed by atoms with Crippen molar-refractivity contribution in [1.29, 1.82) is 0 Å².